The Labute approximate surface area is 148 Å². The third-order valence-corrected chi connectivity index (χ3v) is 5.87. The van der Waals surface area contributed by atoms with Gasteiger partial charge in [0.25, 0.3) is 0 Å². The average molecular weight is 346 g/mol. The number of likely N-dealkylation sites (tertiary alicyclic amines) is 1. The molecule has 2 heterocycles. The van der Waals surface area contributed by atoms with E-state index in [0.717, 1.165) is 57.4 Å². The molecule has 1 aliphatic carbocycles. The summed E-state index contributed by atoms with van der Waals surface area (Å²) in [5, 5.41) is 3.05. The zero-order chi connectivity index (χ0) is 17.3. The van der Waals surface area contributed by atoms with Gasteiger partial charge < -0.3 is 10.1 Å². The van der Waals surface area contributed by atoms with Crippen LogP contribution in [0.4, 0.5) is 4.39 Å². The lowest BCUT2D eigenvalue weighted by molar-refractivity contribution is -0.140. The number of ether oxygens (including phenoxy) is 1. The van der Waals surface area contributed by atoms with E-state index in [-0.39, 0.29) is 23.4 Å². The van der Waals surface area contributed by atoms with E-state index in [2.05, 4.69) is 10.2 Å². The smallest absolute Gasteiger partial charge is 0.249 e. The number of piperidine rings is 1. The monoisotopic (exact) mass is 346 g/mol. The molecule has 1 N–H and O–H groups in total. The predicted molar refractivity (Wildman–Crippen MR) is 93.5 cm³/mol. The molecule has 1 saturated carbocycles. The summed E-state index contributed by atoms with van der Waals surface area (Å²) in [5.74, 6) is 0.599. The zero-order valence-electron chi connectivity index (χ0n) is 14.7. The van der Waals surface area contributed by atoms with Crippen molar-refractivity contribution in [2.75, 3.05) is 19.6 Å². The number of carbonyl (C=O) groups excluding carboxylic acids is 1. The third-order valence-electron chi connectivity index (χ3n) is 5.87. The number of carbonyl (C=O) groups is 1. The van der Waals surface area contributed by atoms with Gasteiger partial charge in [0.1, 0.15) is 11.9 Å². The lowest BCUT2D eigenvalue weighted by Gasteiger charge is -2.39. The van der Waals surface area contributed by atoms with Crippen molar-refractivity contribution >= 4 is 5.91 Å². The minimum atomic E-state index is -0.270. The molecule has 3 aliphatic rings. The van der Waals surface area contributed by atoms with Gasteiger partial charge in [0.15, 0.2) is 0 Å². The SMILES string of the molecule is O=C(NCC1CC1)[C@@H]1CCC2(CCN(Cc3cccc(F)c3)CC2)O1. The topological polar surface area (TPSA) is 41.6 Å². The molecule has 1 spiro atoms. The van der Waals surface area contributed by atoms with Gasteiger partial charge in [-0.05, 0) is 62.1 Å². The molecular weight excluding hydrogens is 319 g/mol. The van der Waals surface area contributed by atoms with Crippen molar-refractivity contribution in [2.45, 2.75) is 56.8 Å². The van der Waals surface area contributed by atoms with Gasteiger partial charge in [0.2, 0.25) is 5.91 Å². The summed E-state index contributed by atoms with van der Waals surface area (Å²) in [6, 6.07) is 6.83. The Bertz CT molecular complexity index is 624. The second kappa shape index (κ2) is 7.04. The van der Waals surface area contributed by atoms with E-state index < -0.39 is 0 Å². The van der Waals surface area contributed by atoms with E-state index in [4.69, 9.17) is 4.74 Å². The molecular formula is C20H27FN2O2. The minimum absolute atomic E-state index is 0.0750. The normalized spacial score (nSPS) is 26.0. The Morgan fingerprint density at radius 2 is 2.04 bits per heavy atom. The van der Waals surface area contributed by atoms with Gasteiger partial charge in [-0.1, -0.05) is 12.1 Å². The maximum Gasteiger partial charge on any atom is 0.249 e. The third kappa shape index (κ3) is 4.21. The molecule has 0 radical (unpaired) electrons. The summed E-state index contributed by atoms with van der Waals surface area (Å²) in [7, 11) is 0. The maximum absolute atomic E-state index is 13.3. The number of benzene rings is 1. The van der Waals surface area contributed by atoms with Crippen LogP contribution in [0.25, 0.3) is 0 Å². The summed E-state index contributed by atoms with van der Waals surface area (Å²) >= 11 is 0. The highest BCUT2D eigenvalue weighted by Gasteiger charge is 2.44. The largest absolute Gasteiger partial charge is 0.362 e. The van der Waals surface area contributed by atoms with Crippen molar-refractivity contribution in [3.05, 3.63) is 35.6 Å². The van der Waals surface area contributed by atoms with Crippen LogP contribution in [0, 0.1) is 11.7 Å². The first-order valence-corrected chi connectivity index (χ1v) is 9.54. The lowest BCUT2D eigenvalue weighted by atomic mass is 9.88. The highest BCUT2D eigenvalue weighted by atomic mass is 19.1. The zero-order valence-corrected chi connectivity index (χ0v) is 14.7. The summed E-state index contributed by atoms with van der Waals surface area (Å²) < 4.78 is 19.5. The van der Waals surface area contributed by atoms with Gasteiger partial charge in [0, 0.05) is 26.2 Å². The van der Waals surface area contributed by atoms with Gasteiger partial charge in [-0.15, -0.1) is 0 Å². The summed E-state index contributed by atoms with van der Waals surface area (Å²) in [4.78, 5) is 14.6. The fourth-order valence-electron chi connectivity index (χ4n) is 4.06. The van der Waals surface area contributed by atoms with Crippen LogP contribution in [0.2, 0.25) is 0 Å². The quantitative estimate of drug-likeness (QED) is 0.891. The number of hydrogen-bond donors (Lipinski definition) is 1. The first kappa shape index (κ1) is 17.0. The Balaban J connectivity index is 1.25. The van der Waals surface area contributed by atoms with E-state index in [1.54, 1.807) is 12.1 Å². The van der Waals surface area contributed by atoms with Gasteiger partial charge in [-0.25, -0.2) is 4.39 Å². The minimum Gasteiger partial charge on any atom is -0.362 e. The maximum atomic E-state index is 13.3. The summed E-state index contributed by atoms with van der Waals surface area (Å²) in [6.07, 6.45) is 5.94. The Morgan fingerprint density at radius 1 is 1.24 bits per heavy atom. The fraction of sp³-hybridized carbons (Fsp3) is 0.650. The summed E-state index contributed by atoms with van der Waals surface area (Å²) in [6.45, 7) is 3.46. The second-order valence-electron chi connectivity index (χ2n) is 7.92. The van der Waals surface area contributed by atoms with Crippen LogP contribution in [-0.2, 0) is 16.1 Å². The van der Waals surface area contributed by atoms with Crippen molar-refractivity contribution < 1.29 is 13.9 Å². The van der Waals surface area contributed by atoms with Crippen molar-refractivity contribution in [2.24, 2.45) is 5.92 Å². The van der Waals surface area contributed by atoms with Crippen molar-refractivity contribution in [3.8, 4) is 0 Å². The van der Waals surface area contributed by atoms with Crippen molar-refractivity contribution in [3.63, 3.8) is 0 Å². The number of nitrogens with one attached hydrogen (secondary N) is 1. The number of rotatable bonds is 5. The molecule has 0 unspecified atom stereocenters. The number of hydrogen-bond acceptors (Lipinski definition) is 3. The van der Waals surface area contributed by atoms with Crippen LogP contribution in [0.15, 0.2) is 24.3 Å². The molecule has 3 fully saturated rings. The van der Waals surface area contributed by atoms with E-state index >= 15 is 0 Å². The molecule has 136 valence electrons. The van der Waals surface area contributed by atoms with Gasteiger partial charge in [-0.2, -0.15) is 0 Å². The van der Waals surface area contributed by atoms with Crippen LogP contribution in [-0.4, -0.2) is 42.1 Å². The molecule has 0 bridgehead atoms. The lowest BCUT2D eigenvalue weighted by Crippen LogP contribution is -2.45. The molecule has 4 nitrogen and oxygen atoms in total. The van der Waals surface area contributed by atoms with Crippen LogP contribution in [0.1, 0.15) is 44.1 Å². The average Bonchev–Trinajstić information content (AvgIpc) is 3.35. The van der Waals surface area contributed by atoms with Crippen LogP contribution < -0.4 is 5.32 Å². The summed E-state index contributed by atoms with van der Waals surface area (Å²) in [5.41, 5.74) is 0.889. The van der Waals surface area contributed by atoms with Crippen molar-refractivity contribution in [1.82, 2.24) is 10.2 Å². The molecule has 1 aromatic rings. The van der Waals surface area contributed by atoms with Crippen LogP contribution in [0.5, 0.6) is 0 Å². The highest BCUT2D eigenvalue weighted by Crippen LogP contribution is 2.39. The van der Waals surface area contributed by atoms with E-state index in [1.165, 1.54) is 18.9 Å². The highest BCUT2D eigenvalue weighted by molar-refractivity contribution is 5.81. The molecule has 0 aromatic heterocycles. The van der Waals surface area contributed by atoms with E-state index in [1.807, 2.05) is 6.07 Å². The fourth-order valence-corrected chi connectivity index (χ4v) is 4.06. The molecule has 2 saturated heterocycles. The van der Waals surface area contributed by atoms with Crippen LogP contribution in [0.3, 0.4) is 0 Å². The Hall–Kier alpha value is -1.46. The molecule has 1 amide bonds. The van der Waals surface area contributed by atoms with E-state index in [0.29, 0.717) is 5.92 Å². The van der Waals surface area contributed by atoms with Crippen LogP contribution >= 0.6 is 0 Å². The van der Waals surface area contributed by atoms with Gasteiger partial charge >= 0.3 is 0 Å². The first-order valence-electron chi connectivity index (χ1n) is 9.54. The van der Waals surface area contributed by atoms with Gasteiger partial charge in [-0.3, -0.25) is 9.69 Å². The number of amides is 1. The molecule has 1 aromatic carbocycles. The first-order chi connectivity index (χ1) is 12.1. The van der Waals surface area contributed by atoms with E-state index in [9.17, 15) is 9.18 Å². The predicted octanol–water partition coefficient (Wildman–Crippen LogP) is 2.87. The number of halogens is 1. The Kier molecular flexibility index (Phi) is 4.78. The molecule has 4 rings (SSSR count). The van der Waals surface area contributed by atoms with Crippen molar-refractivity contribution in [1.29, 1.82) is 0 Å². The molecule has 5 heteroatoms. The molecule has 25 heavy (non-hydrogen) atoms. The second-order valence-corrected chi connectivity index (χ2v) is 7.92. The molecule has 2 aliphatic heterocycles. The number of nitrogens with zero attached hydrogens (tertiary/aromatic N) is 1. The standard InChI is InChI=1S/C20H27FN2O2/c21-17-3-1-2-16(12-17)14-23-10-8-20(9-11-23)7-6-18(25-20)19(24)22-13-15-4-5-15/h1-3,12,15,18H,4-11,13-14H2,(H,22,24)/t18-/m0/s1. The Morgan fingerprint density at radius 3 is 2.76 bits per heavy atom. The van der Waals surface area contributed by atoms with Gasteiger partial charge in [0.05, 0.1) is 5.60 Å². The molecule has 1 atom stereocenters.